The normalized spacial score (nSPS) is 17.4. The van der Waals surface area contributed by atoms with Gasteiger partial charge in [-0.25, -0.2) is 9.69 Å². The van der Waals surface area contributed by atoms with Crippen molar-refractivity contribution < 1.29 is 14.3 Å². The summed E-state index contributed by atoms with van der Waals surface area (Å²) in [6.07, 6.45) is 0.0735. The van der Waals surface area contributed by atoms with Crippen LogP contribution in [0.4, 0.5) is 4.79 Å². The zero-order valence-corrected chi connectivity index (χ0v) is 6.08. The number of rotatable bonds is 3. The lowest BCUT2D eigenvalue weighted by atomic mass is 10.4. The molecule has 5 nitrogen and oxygen atoms in total. The highest BCUT2D eigenvalue weighted by Gasteiger charge is 2.29. The van der Waals surface area contributed by atoms with Gasteiger partial charge in [-0.15, -0.1) is 0 Å². The second-order valence-corrected chi connectivity index (χ2v) is 2.24. The van der Waals surface area contributed by atoms with Crippen LogP contribution < -0.4 is 5.73 Å². The lowest BCUT2D eigenvalue weighted by molar-refractivity contribution is -0.125. The van der Waals surface area contributed by atoms with Crippen LogP contribution in [-0.4, -0.2) is 36.6 Å². The Morgan fingerprint density at radius 3 is 2.73 bits per heavy atom. The SMILES string of the molecule is NCCCN1C(=O)COC1=O. The maximum atomic E-state index is 10.8. The molecule has 1 saturated heterocycles. The molecule has 0 saturated carbocycles. The monoisotopic (exact) mass is 158 g/mol. The summed E-state index contributed by atoms with van der Waals surface area (Å²) in [5.74, 6) is -0.275. The van der Waals surface area contributed by atoms with Gasteiger partial charge in [-0.2, -0.15) is 0 Å². The second-order valence-electron chi connectivity index (χ2n) is 2.24. The Balaban J connectivity index is 2.41. The van der Waals surface area contributed by atoms with E-state index in [0.717, 1.165) is 4.90 Å². The van der Waals surface area contributed by atoms with Crippen LogP contribution in [0.1, 0.15) is 6.42 Å². The van der Waals surface area contributed by atoms with Crippen molar-refractivity contribution in [3.05, 3.63) is 0 Å². The fraction of sp³-hybridized carbons (Fsp3) is 0.667. The summed E-state index contributed by atoms with van der Waals surface area (Å²) in [6.45, 7) is 0.717. The number of imide groups is 1. The molecule has 0 aromatic rings. The molecular formula is C6H10N2O3. The summed E-state index contributed by atoms with van der Waals surface area (Å²) in [5, 5.41) is 0. The van der Waals surface area contributed by atoms with Gasteiger partial charge in [0.15, 0.2) is 6.61 Å². The van der Waals surface area contributed by atoms with Crippen LogP contribution in [0.5, 0.6) is 0 Å². The number of ether oxygens (including phenoxy) is 1. The number of hydrogen-bond donors (Lipinski definition) is 1. The molecule has 1 rings (SSSR count). The third kappa shape index (κ3) is 1.68. The summed E-state index contributed by atoms with van der Waals surface area (Å²) >= 11 is 0. The van der Waals surface area contributed by atoms with Crippen molar-refractivity contribution in [2.45, 2.75) is 6.42 Å². The Kier molecular flexibility index (Phi) is 2.43. The first-order chi connectivity index (χ1) is 5.25. The fourth-order valence-electron chi connectivity index (χ4n) is 0.847. The topological polar surface area (TPSA) is 72.6 Å². The van der Waals surface area contributed by atoms with Crippen LogP contribution >= 0.6 is 0 Å². The molecule has 0 radical (unpaired) electrons. The minimum absolute atomic E-state index is 0.122. The lowest BCUT2D eigenvalue weighted by Crippen LogP contribution is -2.31. The third-order valence-corrected chi connectivity index (χ3v) is 1.43. The average Bonchev–Trinajstić information content (AvgIpc) is 2.29. The summed E-state index contributed by atoms with van der Waals surface area (Å²) in [7, 11) is 0. The molecule has 0 aromatic carbocycles. The number of carbonyl (C=O) groups is 2. The molecule has 62 valence electrons. The predicted octanol–water partition coefficient (Wildman–Crippen LogP) is -0.686. The summed E-state index contributed by atoms with van der Waals surface area (Å²) in [4.78, 5) is 22.6. The Labute approximate surface area is 64.1 Å². The van der Waals surface area contributed by atoms with Crippen LogP contribution in [0.3, 0.4) is 0 Å². The van der Waals surface area contributed by atoms with E-state index in [4.69, 9.17) is 5.73 Å². The van der Waals surface area contributed by atoms with Crippen molar-refractivity contribution in [1.82, 2.24) is 4.90 Å². The number of nitrogens with two attached hydrogens (primary N) is 1. The highest BCUT2D eigenvalue weighted by atomic mass is 16.6. The Morgan fingerprint density at radius 1 is 1.55 bits per heavy atom. The van der Waals surface area contributed by atoms with Gasteiger partial charge in [0.25, 0.3) is 5.91 Å². The summed E-state index contributed by atoms with van der Waals surface area (Å²) in [6, 6.07) is 0. The largest absolute Gasteiger partial charge is 0.439 e. The van der Waals surface area contributed by atoms with Gasteiger partial charge < -0.3 is 10.5 Å². The van der Waals surface area contributed by atoms with E-state index in [1.165, 1.54) is 0 Å². The van der Waals surface area contributed by atoms with E-state index >= 15 is 0 Å². The highest BCUT2D eigenvalue weighted by Crippen LogP contribution is 2.04. The van der Waals surface area contributed by atoms with Crippen LogP contribution in [0.15, 0.2) is 0 Å². The molecule has 0 spiro atoms. The number of carbonyl (C=O) groups excluding carboxylic acids is 2. The van der Waals surface area contributed by atoms with Crippen molar-refractivity contribution in [3.63, 3.8) is 0 Å². The van der Waals surface area contributed by atoms with Crippen molar-refractivity contribution in [3.8, 4) is 0 Å². The zero-order valence-electron chi connectivity index (χ0n) is 6.08. The molecular weight excluding hydrogens is 148 g/mol. The van der Waals surface area contributed by atoms with Crippen LogP contribution in [0, 0.1) is 0 Å². The predicted molar refractivity (Wildman–Crippen MR) is 36.7 cm³/mol. The average molecular weight is 158 g/mol. The van der Waals surface area contributed by atoms with Crippen molar-refractivity contribution in [1.29, 1.82) is 0 Å². The van der Waals surface area contributed by atoms with E-state index in [9.17, 15) is 9.59 Å². The minimum atomic E-state index is -0.552. The molecule has 0 bridgehead atoms. The molecule has 2 amide bonds. The van der Waals surface area contributed by atoms with Crippen molar-refractivity contribution >= 4 is 12.0 Å². The first-order valence-corrected chi connectivity index (χ1v) is 3.43. The van der Waals surface area contributed by atoms with Crippen LogP contribution in [0.2, 0.25) is 0 Å². The van der Waals surface area contributed by atoms with Gasteiger partial charge in [0.1, 0.15) is 0 Å². The van der Waals surface area contributed by atoms with Crippen LogP contribution in [0.25, 0.3) is 0 Å². The zero-order chi connectivity index (χ0) is 8.27. The number of amides is 2. The van der Waals surface area contributed by atoms with Gasteiger partial charge in [-0.05, 0) is 13.0 Å². The van der Waals surface area contributed by atoms with E-state index < -0.39 is 6.09 Å². The molecule has 0 unspecified atom stereocenters. The second kappa shape index (κ2) is 3.34. The van der Waals surface area contributed by atoms with Gasteiger partial charge in [-0.3, -0.25) is 4.79 Å². The molecule has 1 heterocycles. The maximum absolute atomic E-state index is 10.8. The molecule has 2 N–H and O–H groups in total. The van der Waals surface area contributed by atoms with Crippen molar-refractivity contribution in [2.75, 3.05) is 19.7 Å². The van der Waals surface area contributed by atoms with Crippen LogP contribution in [-0.2, 0) is 9.53 Å². The molecule has 1 aliphatic rings. The molecule has 0 aromatic heterocycles. The van der Waals surface area contributed by atoms with Gasteiger partial charge >= 0.3 is 6.09 Å². The van der Waals surface area contributed by atoms with E-state index in [2.05, 4.69) is 4.74 Å². The molecule has 11 heavy (non-hydrogen) atoms. The van der Waals surface area contributed by atoms with E-state index in [-0.39, 0.29) is 12.5 Å². The molecule has 1 aliphatic heterocycles. The number of nitrogens with zero attached hydrogens (tertiary/aromatic N) is 1. The Bertz CT molecular complexity index is 165. The highest BCUT2D eigenvalue weighted by molar-refractivity contribution is 5.97. The Hall–Kier alpha value is -1.10. The van der Waals surface area contributed by atoms with Gasteiger partial charge in [-0.1, -0.05) is 0 Å². The van der Waals surface area contributed by atoms with E-state index in [0.29, 0.717) is 19.5 Å². The van der Waals surface area contributed by atoms with Gasteiger partial charge in [0.05, 0.1) is 0 Å². The quantitative estimate of drug-likeness (QED) is 0.590. The Morgan fingerprint density at radius 2 is 2.27 bits per heavy atom. The first-order valence-electron chi connectivity index (χ1n) is 3.43. The third-order valence-electron chi connectivity index (χ3n) is 1.43. The number of hydrogen-bond acceptors (Lipinski definition) is 4. The molecule has 0 atom stereocenters. The van der Waals surface area contributed by atoms with E-state index in [1.54, 1.807) is 0 Å². The van der Waals surface area contributed by atoms with Crippen molar-refractivity contribution in [2.24, 2.45) is 5.73 Å². The lowest BCUT2D eigenvalue weighted by Gasteiger charge is -2.08. The van der Waals surface area contributed by atoms with Gasteiger partial charge in [0.2, 0.25) is 0 Å². The smallest absolute Gasteiger partial charge is 0.417 e. The number of cyclic esters (lactones) is 1. The maximum Gasteiger partial charge on any atom is 0.417 e. The molecule has 5 heteroatoms. The minimum Gasteiger partial charge on any atom is -0.439 e. The molecule has 0 aliphatic carbocycles. The standard InChI is InChI=1S/C6H10N2O3/c7-2-1-3-8-5(9)4-11-6(8)10/h1-4,7H2. The fourth-order valence-corrected chi connectivity index (χ4v) is 0.847. The molecule has 1 fully saturated rings. The first kappa shape index (κ1) is 8.00. The summed E-state index contributed by atoms with van der Waals surface area (Å²) < 4.78 is 4.47. The van der Waals surface area contributed by atoms with Gasteiger partial charge in [0, 0.05) is 6.54 Å². The summed E-state index contributed by atoms with van der Waals surface area (Å²) in [5.41, 5.74) is 5.21. The van der Waals surface area contributed by atoms with E-state index in [1.807, 2.05) is 0 Å².